The van der Waals surface area contributed by atoms with Gasteiger partial charge in [0, 0.05) is 10.9 Å². The second-order valence-corrected chi connectivity index (χ2v) is 5.28. The molecule has 100 valence electrons. The molecule has 19 heavy (non-hydrogen) atoms. The minimum Gasteiger partial charge on any atom is -0.456 e. The van der Waals surface area contributed by atoms with E-state index in [4.69, 9.17) is 4.42 Å². The molecule has 0 spiro atoms. The highest BCUT2D eigenvalue weighted by molar-refractivity contribution is 9.10. The summed E-state index contributed by atoms with van der Waals surface area (Å²) in [5, 5.41) is 2.92. The van der Waals surface area contributed by atoms with Crippen molar-refractivity contribution in [3.05, 3.63) is 58.0 Å². The van der Waals surface area contributed by atoms with E-state index in [-0.39, 0.29) is 11.9 Å². The zero-order chi connectivity index (χ0) is 13.8. The van der Waals surface area contributed by atoms with Gasteiger partial charge in [-0.15, -0.1) is 0 Å². The maximum absolute atomic E-state index is 12.0. The Morgan fingerprint density at radius 1 is 1.26 bits per heavy atom. The molecule has 2 rings (SSSR count). The molecule has 1 atom stereocenters. The molecule has 0 radical (unpaired) electrons. The summed E-state index contributed by atoms with van der Waals surface area (Å²) in [5.74, 6) is 0.998. The fourth-order valence-corrected chi connectivity index (χ4v) is 2.06. The van der Waals surface area contributed by atoms with Crippen molar-refractivity contribution in [1.29, 1.82) is 0 Å². The molecule has 0 bridgehead atoms. The first-order valence-electron chi connectivity index (χ1n) is 6.25. The van der Waals surface area contributed by atoms with Gasteiger partial charge in [-0.05, 0) is 36.8 Å². The third kappa shape index (κ3) is 3.47. The molecule has 3 nitrogen and oxygen atoms in total. The molecular formula is C15H16BrNO2. The van der Waals surface area contributed by atoms with Crippen LogP contribution >= 0.6 is 15.9 Å². The van der Waals surface area contributed by atoms with Crippen LogP contribution in [0, 0.1) is 0 Å². The summed E-state index contributed by atoms with van der Waals surface area (Å²) < 4.78 is 6.45. The lowest BCUT2D eigenvalue weighted by Crippen LogP contribution is -2.26. The second kappa shape index (κ2) is 6.06. The van der Waals surface area contributed by atoms with Crippen LogP contribution in [-0.2, 0) is 6.42 Å². The minimum absolute atomic E-state index is 0.0595. The Morgan fingerprint density at radius 2 is 1.95 bits per heavy atom. The van der Waals surface area contributed by atoms with Gasteiger partial charge in [0.05, 0.1) is 6.04 Å². The Labute approximate surface area is 121 Å². The summed E-state index contributed by atoms with van der Waals surface area (Å²) >= 11 is 3.39. The zero-order valence-corrected chi connectivity index (χ0v) is 12.5. The Hall–Kier alpha value is -1.55. The number of carbonyl (C=O) groups is 1. The summed E-state index contributed by atoms with van der Waals surface area (Å²) in [5.41, 5.74) is 1.05. The molecule has 1 amide bonds. The van der Waals surface area contributed by atoms with E-state index in [9.17, 15) is 4.79 Å². The van der Waals surface area contributed by atoms with Crippen LogP contribution in [0.4, 0.5) is 0 Å². The van der Waals surface area contributed by atoms with E-state index in [0.29, 0.717) is 5.76 Å². The lowest BCUT2D eigenvalue weighted by molar-refractivity contribution is 0.0910. The van der Waals surface area contributed by atoms with Gasteiger partial charge in [0.2, 0.25) is 0 Å². The number of nitrogens with one attached hydrogen (secondary N) is 1. The maximum atomic E-state index is 12.0. The van der Waals surface area contributed by atoms with E-state index in [1.807, 2.05) is 44.2 Å². The standard InChI is InChI=1S/C15H16BrNO2/c1-3-13-8-9-14(19-13)15(18)17-10(2)11-4-6-12(16)7-5-11/h4-10H,3H2,1-2H3,(H,17,18). The molecule has 0 fully saturated rings. The zero-order valence-electron chi connectivity index (χ0n) is 10.9. The predicted molar refractivity (Wildman–Crippen MR) is 78.1 cm³/mol. The van der Waals surface area contributed by atoms with E-state index in [1.54, 1.807) is 6.07 Å². The summed E-state index contributed by atoms with van der Waals surface area (Å²) in [6.07, 6.45) is 0.787. The third-order valence-electron chi connectivity index (χ3n) is 2.95. The van der Waals surface area contributed by atoms with Crippen molar-refractivity contribution in [1.82, 2.24) is 5.32 Å². The number of aryl methyl sites for hydroxylation is 1. The average molecular weight is 322 g/mol. The van der Waals surface area contributed by atoms with Gasteiger partial charge in [0.15, 0.2) is 5.76 Å². The van der Waals surface area contributed by atoms with Crippen LogP contribution in [0.3, 0.4) is 0 Å². The largest absolute Gasteiger partial charge is 0.456 e. The highest BCUT2D eigenvalue weighted by atomic mass is 79.9. The van der Waals surface area contributed by atoms with Gasteiger partial charge in [0.25, 0.3) is 5.91 Å². The highest BCUT2D eigenvalue weighted by Gasteiger charge is 2.14. The molecule has 0 aliphatic carbocycles. The summed E-state index contributed by atoms with van der Waals surface area (Å²) in [4.78, 5) is 12.0. The van der Waals surface area contributed by atoms with Gasteiger partial charge < -0.3 is 9.73 Å². The van der Waals surface area contributed by atoms with Crippen LogP contribution < -0.4 is 5.32 Å². The number of hydrogen-bond donors (Lipinski definition) is 1. The molecule has 0 saturated carbocycles. The van der Waals surface area contributed by atoms with Gasteiger partial charge in [-0.2, -0.15) is 0 Å². The Kier molecular flexibility index (Phi) is 4.43. The number of furan rings is 1. The topological polar surface area (TPSA) is 42.2 Å². The molecule has 4 heteroatoms. The van der Waals surface area contributed by atoms with E-state index < -0.39 is 0 Å². The lowest BCUT2D eigenvalue weighted by atomic mass is 10.1. The van der Waals surface area contributed by atoms with E-state index in [2.05, 4.69) is 21.2 Å². The van der Waals surface area contributed by atoms with Crippen LogP contribution in [-0.4, -0.2) is 5.91 Å². The number of halogens is 1. The van der Waals surface area contributed by atoms with Crippen molar-refractivity contribution in [2.24, 2.45) is 0 Å². The smallest absolute Gasteiger partial charge is 0.287 e. The molecule has 1 N–H and O–H groups in total. The molecule has 0 aliphatic rings. The second-order valence-electron chi connectivity index (χ2n) is 4.37. The summed E-state index contributed by atoms with van der Waals surface area (Å²) in [7, 11) is 0. The van der Waals surface area contributed by atoms with Crippen LogP contribution in [0.25, 0.3) is 0 Å². The van der Waals surface area contributed by atoms with Gasteiger partial charge in [-0.1, -0.05) is 35.0 Å². The van der Waals surface area contributed by atoms with Crippen molar-refractivity contribution in [2.45, 2.75) is 26.3 Å². The summed E-state index contributed by atoms with van der Waals surface area (Å²) in [6, 6.07) is 11.4. The van der Waals surface area contributed by atoms with Crippen molar-refractivity contribution < 1.29 is 9.21 Å². The van der Waals surface area contributed by atoms with Crippen molar-refractivity contribution in [2.75, 3.05) is 0 Å². The molecular weight excluding hydrogens is 306 g/mol. The Morgan fingerprint density at radius 3 is 2.53 bits per heavy atom. The Bertz CT molecular complexity index is 560. The van der Waals surface area contributed by atoms with E-state index in [0.717, 1.165) is 22.2 Å². The minimum atomic E-state index is -0.185. The number of carbonyl (C=O) groups excluding carboxylic acids is 1. The van der Waals surface area contributed by atoms with Crippen LogP contribution in [0.15, 0.2) is 45.3 Å². The van der Waals surface area contributed by atoms with Gasteiger partial charge >= 0.3 is 0 Å². The lowest BCUT2D eigenvalue weighted by Gasteiger charge is -2.13. The first kappa shape index (κ1) is 13.9. The van der Waals surface area contributed by atoms with Gasteiger partial charge in [-0.3, -0.25) is 4.79 Å². The van der Waals surface area contributed by atoms with E-state index in [1.165, 1.54) is 0 Å². The third-order valence-corrected chi connectivity index (χ3v) is 3.48. The Balaban J connectivity index is 2.04. The van der Waals surface area contributed by atoms with Crippen LogP contribution in [0.5, 0.6) is 0 Å². The normalized spacial score (nSPS) is 12.2. The monoisotopic (exact) mass is 321 g/mol. The number of hydrogen-bond acceptors (Lipinski definition) is 2. The average Bonchev–Trinajstić information content (AvgIpc) is 2.88. The fourth-order valence-electron chi connectivity index (χ4n) is 1.79. The number of rotatable bonds is 4. The predicted octanol–water partition coefficient (Wildman–Crippen LogP) is 4.10. The molecule has 1 aromatic heterocycles. The van der Waals surface area contributed by atoms with Crippen molar-refractivity contribution in [3.8, 4) is 0 Å². The molecule has 0 aliphatic heterocycles. The fraction of sp³-hybridized carbons (Fsp3) is 0.267. The maximum Gasteiger partial charge on any atom is 0.287 e. The quantitative estimate of drug-likeness (QED) is 0.921. The van der Waals surface area contributed by atoms with E-state index >= 15 is 0 Å². The van der Waals surface area contributed by atoms with Crippen LogP contribution in [0.2, 0.25) is 0 Å². The van der Waals surface area contributed by atoms with Gasteiger partial charge in [0.1, 0.15) is 5.76 Å². The summed E-state index contributed by atoms with van der Waals surface area (Å²) in [6.45, 7) is 3.94. The van der Waals surface area contributed by atoms with Crippen molar-refractivity contribution >= 4 is 21.8 Å². The first-order chi connectivity index (χ1) is 9.10. The molecule has 1 heterocycles. The molecule has 1 aromatic carbocycles. The number of benzene rings is 1. The SMILES string of the molecule is CCc1ccc(C(=O)NC(C)c2ccc(Br)cc2)o1. The highest BCUT2D eigenvalue weighted by Crippen LogP contribution is 2.17. The number of amides is 1. The molecule has 1 unspecified atom stereocenters. The van der Waals surface area contributed by atoms with Crippen LogP contribution in [0.1, 0.15) is 41.8 Å². The van der Waals surface area contributed by atoms with Crippen molar-refractivity contribution in [3.63, 3.8) is 0 Å². The first-order valence-corrected chi connectivity index (χ1v) is 7.04. The van der Waals surface area contributed by atoms with Gasteiger partial charge in [-0.25, -0.2) is 0 Å². The molecule has 2 aromatic rings. The molecule has 0 saturated heterocycles.